The number of pyridine rings is 2. The number of ether oxygens (including phenoxy) is 2. The maximum atomic E-state index is 14.8. The van der Waals surface area contributed by atoms with E-state index in [1.54, 1.807) is 60.7 Å². The fourth-order valence-electron chi connectivity index (χ4n) is 12.4. The molecule has 16 nitrogen and oxygen atoms in total. The summed E-state index contributed by atoms with van der Waals surface area (Å²) in [6.45, 7) is -1.03. The molecule has 29 heteroatoms. The molecule has 3 amide bonds. The van der Waals surface area contributed by atoms with E-state index in [-0.39, 0.29) is 165 Å². The molecule has 2 unspecified atom stereocenters. The Morgan fingerprint density at radius 3 is 1.62 bits per heavy atom. The molecule has 4 aromatic carbocycles. The smallest absolute Gasteiger partial charge is 1.00 e. The Balaban J connectivity index is 0.000000262. The Labute approximate surface area is 604 Å². The third kappa shape index (κ3) is 15.8. The molecule has 3 heterocycles. The van der Waals surface area contributed by atoms with Crippen LogP contribution in [0, 0.1) is 22.5 Å². The molecule has 2 aromatic heterocycles. The van der Waals surface area contributed by atoms with E-state index in [0.29, 0.717) is 41.5 Å². The minimum absolute atomic E-state index is 0. The van der Waals surface area contributed by atoms with Crippen LogP contribution in [0.15, 0.2) is 134 Å². The van der Waals surface area contributed by atoms with Crippen LogP contribution in [0.3, 0.4) is 0 Å². The summed E-state index contributed by atoms with van der Waals surface area (Å²) in [5.41, 5.74) is -3.54. The number of rotatable bonds is 17. The fourth-order valence-corrected chi connectivity index (χ4v) is 12.8. The number of benzene rings is 4. The Morgan fingerprint density at radius 2 is 1.17 bits per heavy atom. The molecule has 6 aromatic rings. The Hall–Kier alpha value is -4.79. The first kappa shape index (κ1) is 71.7. The van der Waals surface area contributed by atoms with E-state index < -0.39 is 124 Å². The summed E-state index contributed by atoms with van der Waals surface area (Å²) in [6, 6.07) is 25.3. The van der Waals surface area contributed by atoms with Crippen molar-refractivity contribution in [1.82, 2.24) is 19.8 Å². The van der Waals surface area contributed by atoms with Gasteiger partial charge in [0.15, 0.2) is 17.4 Å². The van der Waals surface area contributed by atoms with Crippen LogP contribution in [0.5, 0.6) is 0 Å². The van der Waals surface area contributed by atoms with Crippen molar-refractivity contribution in [3.05, 3.63) is 194 Å². The van der Waals surface area contributed by atoms with E-state index >= 15 is 0 Å². The van der Waals surface area contributed by atoms with Gasteiger partial charge in [0.1, 0.15) is 35.5 Å². The summed E-state index contributed by atoms with van der Waals surface area (Å²) in [5, 5.41) is 8.49. The van der Waals surface area contributed by atoms with Crippen molar-refractivity contribution in [2.45, 2.75) is 93.7 Å². The van der Waals surface area contributed by atoms with E-state index in [2.05, 4.69) is 14.9 Å². The normalized spacial score (nSPS) is 22.1. The number of anilines is 1. The number of piperazine rings is 1. The molecule has 0 N–H and O–H groups in total. The number of nitrogens with zero attached hydrogens (tertiary/aromatic N) is 5. The number of carbonyl (C=O) groups is 7. The van der Waals surface area contributed by atoms with Gasteiger partial charge in [0.05, 0.1) is 50.5 Å². The summed E-state index contributed by atoms with van der Waals surface area (Å²) in [4.78, 5) is 103. The summed E-state index contributed by atoms with van der Waals surface area (Å²) in [7, 11) is 0. The van der Waals surface area contributed by atoms with Crippen LogP contribution < -0.4 is 113 Å². The third-order valence-corrected chi connectivity index (χ3v) is 16.5. The van der Waals surface area contributed by atoms with Gasteiger partial charge in [0.25, 0.3) is 12.4 Å². The first-order chi connectivity index (χ1) is 41.2. The van der Waals surface area contributed by atoms with Crippen LogP contribution in [-0.4, -0.2) is 97.4 Å². The minimum Gasteiger partial charge on any atom is -1.00 e. The molecule has 2 atom stereocenters. The van der Waals surface area contributed by atoms with Crippen molar-refractivity contribution in [3.8, 4) is 0 Å². The zero-order valence-corrected chi connectivity index (χ0v) is 55.6. The maximum absolute atomic E-state index is 14.8. The number of Topliss-reactive ketones (excluding diaryl/α,β-unsaturated/α-hetero) is 1. The molecular weight excluding hydrogens is 1300 g/mol. The van der Waals surface area contributed by atoms with Gasteiger partial charge in [-0.15, -0.1) is 11.6 Å². The first-order valence-electron chi connectivity index (χ1n) is 26.4. The molecule has 4 bridgehead atoms. The summed E-state index contributed by atoms with van der Waals surface area (Å²) < 4.78 is 119. The number of amides is 3. The molecule has 0 spiro atoms. The van der Waals surface area contributed by atoms with Crippen LogP contribution in [0.4, 0.5) is 40.9 Å². The predicted octanol–water partition coefficient (Wildman–Crippen LogP) is 4.39. The molecule has 6 aliphatic carbocycles. The summed E-state index contributed by atoms with van der Waals surface area (Å²) in [5.74, 6) is -5.78. The van der Waals surface area contributed by atoms with Crippen LogP contribution in [0.25, 0.3) is 0 Å². The van der Waals surface area contributed by atoms with Crippen LogP contribution in [0.1, 0.15) is 88.6 Å². The third-order valence-electron chi connectivity index (χ3n) is 15.9. The van der Waals surface area contributed by atoms with Crippen LogP contribution in [0.2, 0.25) is 10.0 Å². The fraction of sp³-hybridized carbons (Fsp3) is 0.317. The first-order valence-corrected chi connectivity index (χ1v) is 27.7. The average molecular weight is 1350 g/mol. The molecule has 458 valence electrons. The topological polar surface area (TPSA) is 206 Å². The van der Waals surface area contributed by atoms with E-state index in [1.165, 1.54) is 46.5 Å². The summed E-state index contributed by atoms with van der Waals surface area (Å²) >= 11 is 17.6. The van der Waals surface area contributed by atoms with Gasteiger partial charge >= 0.3 is 127 Å². The number of ketones is 1. The number of carbonyl (C=O) groups excluding carboxylic acids is 7. The van der Waals surface area contributed by atoms with Crippen LogP contribution >= 0.6 is 34.8 Å². The molecule has 6 saturated carbocycles. The van der Waals surface area contributed by atoms with Gasteiger partial charge < -0.3 is 30.8 Å². The second kappa shape index (κ2) is 29.0. The number of hydrogen-bond acceptors (Lipinski definition) is 13. The van der Waals surface area contributed by atoms with Crippen molar-refractivity contribution >= 4 is 82.5 Å². The minimum atomic E-state index is -4.55. The molecular formula is C60H48Cl3F8K2N5O11. The Kier molecular flexibility index (Phi) is 23.4. The molecule has 7 aliphatic rings. The monoisotopic (exact) mass is 1350 g/mol. The number of alkyl halides is 7. The zero-order valence-electron chi connectivity index (χ0n) is 48.1. The SMILES string of the molecule is O=C(OC12CC(C(C(=O)Cc3ncc(Cl)cc3F)N(Cc3ccc(C(F)(F)F)cc3)C(=O)CCl)(C1)C2)c1ccccc1.O=C(OC12CC(C3C(=O)N(c4ncc(Cl)cc4F)CC(=O)N3Cc3ccc(C(F)(F)F)cc3)(C1)C2)c1ccccc1.O=CO[O-].[H-].[K+].[K+]. The molecule has 1 aliphatic heterocycles. The van der Waals surface area contributed by atoms with Crippen molar-refractivity contribution in [2.75, 3.05) is 17.3 Å². The maximum Gasteiger partial charge on any atom is 1.00 e. The second-order valence-corrected chi connectivity index (χ2v) is 23.0. The van der Waals surface area contributed by atoms with Crippen molar-refractivity contribution in [2.24, 2.45) is 10.8 Å². The molecule has 89 heavy (non-hydrogen) atoms. The Bertz CT molecular complexity index is 3590. The molecule has 13 rings (SSSR count). The number of esters is 2. The van der Waals surface area contributed by atoms with Crippen molar-refractivity contribution in [3.63, 3.8) is 0 Å². The zero-order chi connectivity index (χ0) is 62.9. The number of hydrogen-bond donors (Lipinski definition) is 0. The van der Waals surface area contributed by atoms with Gasteiger partial charge in [-0.25, -0.2) is 23.4 Å². The van der Waals surface area contributed by atoms with E-state index in [0.717, 1.165) is 41.3 Å². The molecule has 7 fully saturated rings. The van der Waals surface area contributed by atoms with Gasteiger partial charge in [-0.1, -0.05) is 83.9 Å². The quantitative estimate of drug-likeness (QED) is 0.0237. The van der Waals surface area contributed by atoms with E-state index in [9.17, 15) is 63.9 Å². The van der Waals surface area contributed by atoms with Gasteiger partial charge in [-0.3, -0.25) is 33.9 Å². The predicted molar refractivity (Wildman–Crippen MR) is 292 cm³/mol. The van der Waals surface area contributed by atoms with Gasteiger partial charge in [0.2, 0.25) is 11.8 Å². The number of aromatic nitrogens is 2. The van der Waals surface area contributed by atoms with Crippen molar-refractivity contribution < 1.29 is 192 Å². The van der Waals surface area contributed by atoms with Gasteiger partial charge in [-0.2, -0.15) is 26.3 Å². The second-order valence-electron chi connectivity index (χ2n) is 21.8. The molecule has 1 saturated heterocycles. The standard InChI is InChI=1S/C30H24Cl2F4N2O4.C29H22ClF4N3O4.CH2O3.2K.H/c31-12-25(40)38(14-18-6-8-20(9-7-18)30(34,35)36)26(24(39)11-23-22(33)10-21(32)13-37-23)28-15-29(16-28,17-28)42-27(41)19-4-2-1-3-5-19;30-20-10-21(31)24(35-11-20)37-13-22(38)36(12-17-6-8-19(9-7-17)29(32,33)34)23(25(37)39)27-14-28(15-27,16-27)41-26(40)18-4-2-1-3-5-18;2-1-4-3;;;/h1-10,13,26H,11-12,14-17H2;1-11,23H,12-16H2;1,3H;;;/q;;;2*+1;-1/p-1. The van der Waals surface area contributed by atoms with E-state index in [1.807, 2.05) is 0 Å². The largest absolute Gasteiger partial charge is 1.00 e. The molecule has 0 radical (unpaired) electrons. The Morgan fingerprint density at radius 1 is 0.708 bits per heavy atom. The summed E-state index contributed by atoms with van der Waals surface area (Å²) in [6.07, 6.45) is -5.46. The van der Waals surface area contributed by atoms with Crippen LogP contribution in [-0.2, 0) is 70.2 Å². The van der Waals surface area contributed by atoms with Gasteiger partial charge in [-0.05, 0) is 110 Å². The number of halogens is 11. The average Bonchev–Trinajstić information content (AvgIpc) is 0.676. The van der Waals surface area contributed by atoms with E-state index in [4.69, 9.17) is 54.3 Å². The van der Waals surface area contributed by atoms with Gasteiger partial charge in [0, 0.05) is 36.3 Å². The van der Waals surface area contributed by atoms with Crippen molar-refractivity contribution in [1.29, 1.82) is 0 Å².